The van der Waals surface area contributed by atoms with Crippen LogP contribution in [0.1, 0.15) is 25.0 Å². The van der Waals surface area contributed by atoms with Crippen LogP contribution in [-0.4, -0.2) is 35.2 Å². The first kappa shape index (κ1) is 11.9. The molecule has 0 spiro atoms. The Morgan fingerprint density at radius 1 is 1.53 bits per heavy atom. The van der Waals surface area contributed by atoms with Gasteiger partial charge in [-0.25, -0.2) is 4.98 Å². The maximum atomic E-state index is 5.67. The first-order valence-corrected chi connectivity index (χ1v) is 7.93. The molecule has 2 fully saturated rings. The smallest absolute Gasteiger partial charge is 0.193 e. The number of rotatable bonds is 5. The van der Waals surface area contributed by atoms with E-state index in [1.165, 1.54) is 18.5 Å². The van der Waals surface area contributed by atoms with Gasteiger partial charge in [0.05, 0.1) is 12.3 Å². The largest absolute Gasteiger partial charge is 0.381 e. The fourth-order valence-electron chi connectivity index (χ4n) is 2.88. The molecule has 0 radical (unpaired) electrons. The number of nitrogens with one attached hydrogen (secondary N) is 1. The maximum Gasteiger partial charge on any atom is 0.193 e. The van der Waals surface area contributed by atoms with Gasteiger partial charge in [0, 0.05) is 48.8 Å². The molecule has 2 aromatic heterocycles. The van der Waals surface area contributed by atoms with Crippen molar-refractivity contribution in [1.29, 1.82) is 0 Å². The molecule has 1 saturated carbocycles. The maximum absolute atomic E-state index is 5.67. The molecule has 4 rings (SSSR count). The zero-order valence-electron chi connectivity index (χ0n) is 11.0. The highest BCUT2D eigenvalue weighted by Crippen LogP contribution is 2.33. The standard InChI is InChI=1S/C14H19N3OS/c1-2-11(1)15-9-14(3-5-18-10-14)7-12-8-17-4-6-19-13(17)16-12/h4,6,8,11,15H,1-3,5,7,9-10H2. The molecular formula is C14H19N3OS. The van der Waals surface area contributed by atoms with Crippen LogP contribution in [0.2, 0.25) is 0 Å². The van der Waals surface area contributed by atoms with E-state index in [9.17, 15) is 0 Å². The summed E-state index contributed by atoms with van der Waals surface area (Å²) in [7, 11) is 0. The summed E-state index contributed by atoms with van der Waals surface area (Å²) in [4.78, 5) is 5.82. The lowest BCUT2D eigenvalue weighted by molar-refractivity contribution is 0.148. The van der Waals surface area contributed by atoms with Crippen molar-refractivity contribution in [3.05, 3.63) is 23.5 Å². The number of hydrogen-bond donors (Lipinski definition) is 1. The molecule has 0 amide bonds. The third-order valence-electron chi connectivity index (χ3n) is 4.23. The third-order valence-corrected chi connectivity index (χ3v) is 5.00. The second kappa shape index (κ2) is 4.58. The van der Waals surface area contributed by atoms with E-state index >= 15 is 0 Å². The molecule has 1 N–H and O–H groups in total. The SMILES string of the molecule is c1cn2cc(CC3(CNC4CC4)CCOC3)nc2s1. The van der Waals surface area contributed by atoms with Gasteiger partial charge in [-0.15, -0.1) is 11.3 Å². The second-order valence-corrected chi connectivity index (χ2v) is 6.83. The number of nitrogens with zero attached hydrogens (tertiary/aromatic N) is 2. The molecule has 0 aromatic carbocycles. The van der Waals surface area contributed by atoms with E-state index < -0.39 is 0 Å². The summed E-state index contributed by atoms with van der Waals surface area (Å²) < 4.78 is 7.79. The first-order valence-electron chi connectivity index (χ1n) is 7.05. The second-order valence-electron chi connectivity index (χ2n) is 5.96. The minimum Gasteiger partial charge on any atom is -0.381 e. The molecule has 1 atom stereocenters. The molecule has 102 valence electrons. The molecule has 1 unspecified atom stereocenters. The molecule has 19 heavy (non-hydrogen) atoms. The van der Waals surface area contributed by atoms with E-state index in [-0.39, 0.29) is 5.41 Å². The van der Waals surface area contributed by atoms with Crippen LogP contribution in [0, 0.1) is 5.41 Å². The van der Waals surface area contributed by atoms with Crippen LogP contribution in [0.3, 0.4) is 0 Å². The molecule has 5 heteroatoms. The summed E-state index contributed by atoms with van der Waals surface area (Å²) in [6.45, 7) is 2.84. The first-order chi connectivity index (χ1) is 9.33. The molecule has 0 bridgehead atoms. The van der Waals surface area contributed by atoms with Crippen molar-refractivity contribution in [3.8, 4) is 0 Å². The number of ether oxygens (including phenoxy) is 1. The van der Waals surface area contributed by atoms with Crippen molar-refractivity contribution in [1.82, 2.24) is 14.7 Å². The fraction of sp³-hybridized carbons (Fsp3) is 0.643. The van der Waals surface area contributed by atoms with E-state index in [0.717, 1.165) is 43.6 Å². The number of imidazole rings is 1. The van der Waals surface area contributed by atoms with Gasteiger partial charge in [-0.05, 0) is 19.3 Å². The summed E-state index contributed by atoms with van der Waals surface area (Å²) in [5.74, 6) is 0. The Balaban J connectivity index is 1.51. The molecule has 1 aliphatic heterocycles. The van der Waals surface area contributed by atoms with Gasteiger partial charge >= 0.3 is 0 Å². The summed E-state index contributed by atoms with van der Waals surface area (Å²) >= 11 is 1.70. The lowest BCUT2D eigenvalue weighted by atomic mass is 9.82. The van der Waals surface area contributed by atoms with Crippen LogP contribution in [0.5, 0.6) is 0 Å². The molecule has 4 nitrogen and oxygen atoms in total. The monoisotopic (exact) mass is 277 g/mol. The zero-order valence-corrected chi connectivity index (χ0v) is 11.8. The minimum absolute atomic E-state index is 0.257. The van der Waals surface area contributed by atoms with Gasteiger partial charge in [0.1, 0.15) is 0 Å². The summed E-state index contributed by atoms with van der Waals surface area (Å²) in [5, 5.41) is 5.75. The van der Waals surface area contributed by atoms with E-state index in [0.29, 0.717) is 0 Å². The van der Waals surface area contributed by atoms with Crippen LogP contribution < -0.4 is 5.32 Å². The molecule has 3 heterocycles. The van der Waals surface area contributed by atoms with Crippen LogP contribution in [0.15, 0.2) is 17.8 Å². The van der Waals surface area contributed by atoms with Crippen molar-refractivity contribution in [2.45, 2.75) is 31.7 Å². The average Bonchev–Trinajstić information content (AvgIpc) is 2.79. The highest BCUT2D eigenvalue weighted by atomic mass is 32.1. The van der Waals surface area contributed by atoms with Crippen molar-refractivity contribution in [2.24, 2.45) is 5.41 Å². The predicted molar refractivity (Wildman–Crippen MR) is 75.7 cm³/mol. The van der Waals surface area contributed by atoms with Crippen molar-refractivity contribution in [2.75, 3.05) is 19.8 Å². The van der Waals surface area contributed by atoms with Crippen LogP contribution in [-0.2, 0) is 11.2 Å². The highest BCUT2D eigenvalue weighted by molar-refractivity contribution is 7.15. The van der Waals surface area contributed by atoms with Crippen LogP contribution in [0.25, 0.3) is 4.96 Å². The predicted octanol–water partition coefficient (Wildman–Crippen LogP) is 2.10. The topological polar surface area (TPSA) is 38.6 Å². The average molecular weight is 277 g/mol. The van der Waals surface area contributed by atoms with Gasteiger partial charge in [-0.2, -0.15) is 0 Å². The number of aromatic nitrogens is 2. The molecule has 1 aliphatic carbocycles. The number of fused-ring (bicyclic) bond motifs is 1. The lowest BCUT2D eigenvalue weighted by Gasteiger charge is -2.27. The van der Waals surface area contributed by atoms with E-state index in [2.05, 4.69) is 27.5 Å². The quantitative estimate of drug-likeness (QED) is 0.909. The van der Waals surface area contributed by atoms with E-state index in [1.807, 2.05) is 0 Å². The van der Waals surface area contributed by atoms with Gasteiger partial charge in [-0.3, -0.25) is 4.40 Å². The fourth-order valence-corrected chi connectivity index (χ4v) is 3.60. The highest BCUT2D eigenvalue weighted by Gasteiger charge is 2.37. The molecule has 1 saturated heterocycles. The molecular weight excluding hydrogens is 258 g/mol. The zero-order chi connectivity index (χ0) is 12.7. The Bertz CT molecular complexity index is 538. The number of hydrogen-bond acceptors (Lipinski definition) is 4. The summed E-state index contributed by atoms with van der Waals surface area (Å²) in [5.41, 5.74) is 1.46. The summed E-state index contributed by atoms with van der Waals surface area (Å²) in [6.07, 6.45) is 9.12. The van der Waals surface area contributed by atoms with Gasteiger partial charge in [-0.1, -0.05) is 0 Å². The van der Waals surface area contributed by atoms with E-state index in [4.69, 9.17) is 9.72 Å². The molecule has 2 aliphatic rings. The van der Waals surface area contributed by atoms with E-state index in [1.54, 1.807) is 11.3 Å². The van der Waals surface area contributed by atoms with Gasteiger partial charge in [0.15, 0.2) is 4.96 Å². The van der Waals surface area contributed by atoms with Gasteiger partial charge < -0.3 is 10.1 Å². The Morgan fingerprint density at radius 2 is 2.47 bits per heavy atom. The Morgan fingerprint density at radius 3 is 3.21 bits per heavy atom. The van der Waals surface area contributed by atoms with Crippen molar-refractivity contribution >= 4 is 16.3 Å². The molecule has 2 aromatic rings. The Hall–Kier alpha value is -0.910. The van der Waals surface area contributed by atoms with Gasteiger partial charge in [0.25, 0.3) is 0 Å². The van der Waals surface area contributed by atoms with Crippen LogP contribution in [0.4, 0.5) is 0 Å². The summed E-state index contributed by atoms with van der Waals surface area (Å²) in [6, 6.07) is 0.767. The Kier molecular flexibility index (Phi) is 2.86. The minimum atomic E-state index is 0.257. The number of thiazole rings is 1. The van der Waals surface area contributed by atoms with Crippen molar-refractivity contribution < 1.29 is 4.74 Å². The normalized spacial score (nSPS) is 27.4. The van der Waals surface area contributed by atoms with Crippen LogP contribution >= 0.6 is 11.3 Å². The van der Waals surface area contributed by atoms with Crippen molar-refractivity contribution in [3.63, 3.8) is 0 Å². The Labute approximate surface area is 116 Å². The lowest BCUT2D eigenvalue weighted by Crippen LogP contribution is -2.37. The third kappa shape index (κ3) is 2.42. The van der Waals surface area contributed by atoms with Gasteiger partial charge in [0.2, 0.25) is 0 Å².